The van der Waals surface area contributed by atoms with Crippen molar-refractivity contribution in [3.8, 4) is 17.2 Å². The number of halogens is 1. The van der Waals surface area contributed by atoms with Crippen LogP contribution in [0.1, 0.15) is 5.56 Å². The molecule has 3 rings (SSSR count). The van der Waals surface area contributed by atoms with Gasteiger partial charge in [-0.2, -0.15) is 0 Å². The van der Waals surface area contributed by atoms with Crippen LogP contribution >= 0.6 is 11.6 Å². The number of amides is 2. The van der Waals surface area contributed by atoms with Crippen LogP contribution in [0.15, 0.2) is 66.7 Å². The Bertz CT molecular complexity index is 1020. The van der Waals surface area contributed by atoms with Crippen LogP contribution < -0.4 is 20.1 Å². The molecule has 0 fully saturated rings. The third kappa shape index (κ3) is 5.27. The van der Waals surface area contributed by atoms with Gasteiger partial charge in [0.2, 0.25) is 0 Å². The van der Waals surface area contributed by atoms with E-state index in [2.05, 4.69) is 10.6 Å². The van der Waals surface area contributed by atoms with E-state index in [1.54, 1.807) is 43.3 Å². The maximum Gasteiger partial charge on any atom is 0.314 e. The summed E-state index contributed by atoms with van der Waals surface area (Å²) in [6.45, 7) is 1.79. The monoisotopic (exact) mass is 410 g/mol. The number of carbonyl (C=O) groups excluding carboxylic acids is 2. The van der Waals surface area contributed by atoms with Crippen LogP contribution in [0.3, 0.4) is 0 Å². The van der Waals surface area contributed by atoms with Crippen LogP contribution in [0.5, 0.6) is 17.2 Å². The van der Waals surface area contributed by atoms with Crippen molar-refractivity contribution in [2.45, 2.75) is 6.92 Å². The summed E-state index contributed by atoms with van der Waals surface area (Å²) in [5, 5.41) is 5.58. The molecule has 6 nitrogen and oxygen atoms in total. The predicted molar refractivity (Wildman–Crippen MR) is 113 cm³/mol. The van der Waals surface area contributed by atoms with Gasteiger partial charge in [0.15, 0.2) is 0 Å². The highest BCUT2D eigenvalue weighted by atomic mass is 35.5. The standard InChI is InChI=1S/C22H19ClN2O4/c1-14-12-19(20(28-2)13-18(14)23)25-22(27)21(26)24-15-8-10-17(11-9-15)29-16-6-4-3-5-7-16/h3-13H,1-2H3,(H,24,26)(H,25,27). The average Bonchev–Trinajstić information content (AvgIpc) is 2.72. The van der Waals surface area contributed by atoms with Crippen LogP contribution in [0.4, 0.5) is 11.4 Å². The number of benzene rings is 3. The molecule has 0 spiro atoms. The zero-order valence-electron chi connectivity index (χ0n) is 15.9. The number of anilines is 2. The van der Waals surface area contributed by atoms with Crippen LogP contribution in [-0.2, 0) is 9.59 Å². The number of ether oxygens (including phenoxy) is 2. The Labute approximate surface area is 173 Å². The first-order chi connectivity index (χ1) is 14.0. The minimum atomic E-state index is -0.824. The topological polar surface area (TPSA) is 76.7 Å². The largest absolute Gasteiger partial charge is 0.495 e. The lowest BCUT2D eigenvalue weighted by atomic mass is 10.2. The van der Waals surface area contributed by atoms with Gasteiger partial charge in [0.1, 0.15) is 17.2 Å². The molecule has 0 atom stereocenters. The molecule has 0 aromatic heterocycles. The summed E-state index contributed by atoms with van der Waals surface area (Å²) in [5.74, 6) is 0.0473. The molecule has 0 aliphatic rings. The van der Waals surface area contributed by atoms with E-state index < -0.39 is 11.8 Å². The van der Waals surface area contributed by atoms with Gasteiger partial charge in [-0.05, 0) is 55.0 Å². The molecular formula is C22H19ClN2O4. The number of hydrogen-bond donors (Lipinski definition) is 2. The maximum atomic E-state index is 12.3. The van der Waals surface area contributed by atoms with Crippen molar-refractivity contribution < 1.29 is 19.1 Å². The molecule has 148 valence electrons. The Kier molecular flexibility index (Phi) is 6.36. The van der Waals surface area contributed by atoms with Gasteiger partial charge >= 0.3 is 11.8 Å². The zero-order chi connectivity index (χ0) is 20.8. The van der Waals surface area contributed by atoms with Crippen molar-refractivity contribution in [2.24, 2.45) is 0 Å². The van der Waals surface area contributed by atoms with E-state index in [-0.39, 0.29) is 0 Å². The van der Waals surface area contributed by atoms with E-state index in [4.69, 9.17) is 21.1 Å². The minimum Gasteiger partial charge on any atom is -0.495 e. The Morgan fingerprint density at radius 3 is 2.14 bits per heavy atom. The van der Waals surface area contributed by atoms with Crippen LogP contribution in [0.2, 0.25) is 5.02 Å². The highest BCUT2D eigenvalue weighted by Gasteiger charge is 2.17. The van der Waals surface area contributed by atoms with Crippen molar-refractivity contribution in [2.75, 3.05) is 17.7 Å². The highest BCUT2D eigenvalue weighted by Crippen LogP contribution is 2.31. The molecule has 3 aromatic rings. The first-order valence-electron chi connectivity index (χ1n) is 8.75. The number of rotatable bonds is 5. The van der Waals surface area contributed by atoms with E-state index in [9.17, 15) is 9.59 Å². The molecular weight excluding hydrogens is 392 g/mol. The lowest BCUT2D eigenvalue weighted by Crippen LogP contribution is -2.29. The number of hydrogen-bond acceptors (Lipinski definition) is 4. The summed E-state index contributed by atoms with van der Waals surface area (Å²) < 4.78 is 10.9. The SMILES string of the molecule is COc1cc(Cl)c(C)cc1NC(=O)C(=O)Nc1ccc(Oc2ccccc2)cc1. The fraction of sp³-hybridized carbons (Fsp3) is 0.0909. The second kappa shape index (κ2) is 9.12. The lowest BCUT2D eigenvalue weighted by Gasteiger charge is -2.12. The second-order valence-electron chi connectivity index (χ2n) is 6.15. The molecule has 29 heavy (non-hydrogen) atoms. The van der Waals surface area contributed by atoms with E-state index in [0.29, 0.717) is 33.6 Å². The van der Waals surface area contributed by atoms with Gasteiger partial charge < -0.3 is 20.1 Å². The first kappa shape index (κ1) is 20.2. The average molecular weight is 411 g/mol. The van der Waals surface area contributed by atoms with Gasteiger partial charge in [0.25, 0.3) is 0 Å². The number of aryl methyl sites for hydroxylation is 1. The molecule has 0 aliphatic heterocycles. The summed E-state index contributed by atoms with van der Waals surface area (Å²) in [7, 11) is 1.45. The van der Waals surface area contributed by atoms with Gasteiger partial charge in [-0.25, -0.2) is 0 Å². The molecule has 2 N–H and O–H groups in total. The Balaban J connectivity index is 1.63. The van der Waals surface area contributed by atoms with Gasteiger partial charge in [-0.15, -0.1) is 0 Å². The van der Waals surface area contributed by atoms with Gasteiger partial charge in [0, 0.05) is 16.8 Å². The van der Waals surface area contributed by atoms with Crippen molar-refractivity contribution in [1.82, 2.24) is 0 Å². The zero-order valence-corrected chi connectivity index (χ0v) is 16.6. The van der Waals surface area contributed by atoms with Crippen LogP contribution in [-0.4, -0.2) is 18.9 Å². The Morgan fingerprint density at radius 1 is 0.862 bits per heavy atom. The van der Waals surface area contributed by atoms with E-state index in [0.717, 1.165) is 5.56 Å². The molecule has 2 amide bonds. The number of para-hydroxylation sites is 1. The smallest absolute Gasteiger partial charge is 0.314 e. The summed E-state index contributed by atoms with van der Waals surface area (Å²) in [5.41, 5.74) is 1.57. The first-order valence-corrected chi connectivity index (χ1v) is 9.13. The van der Waals surface area contributed by atoms with Crippen molar-refractivity contribution in [3.05, 3.63) is 77.3 Å². The van der Waals surface area contributed by atoms with Crippen molar-refractivity contribution in [3.63, 3.8) is 0 Å². The molecule has 7 heteroatoms. The molecule has 0 heterocycles. The van der Waals surface area contributed by atoms with E-state index in [1.807, 2.05) is 30.3 Å². The molecule has 0 aliphatic carbocycles. The second-order valence-corrected chi connectivity index (χ2v) is 6.56. The molecule has 0 unspecified atom stereocenters. The maximum absolute atomic E-state index is 12.3. The molecule has 0 bridgehead atoms. The number of carbonyl (C=O) groups is 2. The molecule has 0 radical (unpaired) electrons. The minimum absolute atomic E-state index is 0.362. The number of methoxy groups -OCH3 is 1. The van der Waals surface area contributed by atoms with Gasteiger partial charge in [-0.1, -0.05) is 29.8 Å². The van der Waals surface area contributed by atoms with Crippen molar-refractivity contribution >= 4 is 34.8 Å². The van der Waals surface area contributed by atoms with Crippen LogP contribution in [0.25, 0.3) is 0 Å². The summed E-state index contributed by atoms with van der Waals surface area (Å²) in [6, 6.07) is 19.2. The van der Waals surface area contributed by atoms with E-state index >= 15 is 0 Å². The fourth-order valence-corrected chi connectivity index (χ4v) is 2.68. The predicted octanol–water partition coefficient (Wildman–Crippen LogP) is 5.03. The number of nitrogens with one attached hydrogen (secondary N) is 2. The van der Waals surface area contributed by atoms with Crippen LogP contribution in [0, 0.1) is 6.92 Å². The fourth-order valence-electron chi connectivity index (χ4n) is 2.53. The summed E-state index contributed by atoms with van der Waals surface area (Å²) in [4.78, 5) is 24.5. The summed E-state index contributed by atoms with van der Waals surface area (Å²) in [6.07, 6.45) is 0. The van der Waals surface area contributed by atoms with Gasteiger partial charge in [0.05, 0.1) is 12.8 Å². The van der Waals surface area contributed by atoms with Crippen molar-refractivity contribution in [1.29, 1.82) is 0 Å². The van der Waals surface area contributed by atoms with E-state index in [1.165, 1.54) is 7.11 Å². The summed E-state index contributed by atoms with van der Waals surface area (Å²) >= 11 is 6.05. The lowest BCUT2D eigenvalue weighted by molar-refractivity contribution is -0.133. The molecule has 0 saturated carbocycles. The normalized spacial score (nSPS) is 10.2. The van der Waals surface area contributed by atoms with Gasteiger partial charge in [-0.3, -0.25) is 9.59 Å². The third-order valence-electron chi connectivity index (χ3n) is 4.03. The molecule has 0 saturated heterocycles. The molecule has 3 aromatic carbocycles. The Morgan fingerprint density at radius 2 is 1.48 bits per heavy atom. The quantitative estimate of drug-likeness (QED) is 0.578. The Hall–Kier alpha value is -3.51. The highest BCUT2D eigenvalue weighted by molar-refractivity contribution is 6.43. The third-order valence-corrected chi connectivity index (χ3v) is 4.43.